The summed E-state index contributed by atoms with van der Waals surface area (Å²) < 4.78 is 7.36. The van der Waals surface area contributed by atoms with Crippen LogP contribution in [0.4, 0.5) is 0 Å². The van der Waals surface area contributed by atoms with E-state index in [1.165, 1.54) is 0 Å². The maximum absolute atomic E-state index is 11.7. The summed E-state index contributed by atoms with van der Waals surface area (Å²) in [5.41, 5.74) is 1.72. The Kier molecular flexibility index (Phi) is 3.78. The van der Waals surface area contributed by atoms with Crippen molar-refractivity contribution in [1.29, 1.82) is 0 Å². The zero-order chi connectivity index (χ0) is 12.3. The van der Waals surface area contributed by atoms with Gasteiger partial charge >= 0.3 is 0 Å². The molecule has 17 heavy (non-hydrogen) atoms. The highest BCUT2D eigenvalue weighted by Gasteiger charge is 2.22. The van der Waals surface area contributed by atoms with Crippen molar-refractivity contribution in [1.82, 2.24) is 15.1 Å². The van der Waals surface area contributed by atoms with E-state index in [0.29, 0.717) is 11.6 Å². The topological polar surface area (TPSA) is 56.2 Å². The lowest BCUT2D eigenvalue weighted by Gasteiger charge is -2.24. The summed E-state index contributed by atoms with van der Waals surface area (Å²) in [5, 5.41) is 7.04. The molecule has 0 bridgehead atoms. The van der Waals surface area contributed by atoms with Gasteiger partial charge in [0.1, 0.15) is 0 Å². The van der Waals surface area contributed by atoms with Gasteiger partial charge in [-0.3, -0.25) is 9.48 Å². The van der Waals surface area contributed by atoms with E-state index >= 15 is 0 Å². The number of hydrogen-bond acceptors (Lipinski definition) is 3. The minimum Gasteiger partial charge on any atom is -0.381 e. The molecular weight excluding hydrogens is 218 g/mol. The molecule has 0 radical (unpaired) electrons. The number of rotatable bonds is 3. The van der Waals surface area contributed by atoms with E-state index in [0.717, 1.165) is 38.2 Å². The van der Waals surface area contributed by atoms with Gasteiger partial charge in [-0.1, -0.05) is 6.92 Å². The third-order valence-corrected chi connectivity index (χ3v) is 3.24. The van der Waals surface area contributed by atoms with Crippen LogP contribution in [0.25, 0.3) is 0 Å². The number of ether oxygens (including phenoxy) is 1. The lowest BCUT2D eigenvalue weighted by molar-refractivity contribution is 0.0654. The summed E-state index contributed by atoms with van der Waals surface area (Å²) >= 11 is 0. The number of hydrogen-bond donors (Lipinski definition) is 1. The van der Waals surface area contributed by atoms with Gasteiger partial charge in [0.2, 0.25) is 0 Å². The molecule has 0 unspecified atom stereocenters. The zero-order valence-corrected chi connectivity index (χ0v) is 10.4. The molecule has 1 aromatic heterocycles. The van der Waals surface area contributed by atoms with E-state index in [9.17, 15) is 4.79 Å². The van der Waals surface area contributed by atoms with Crippen molar-refractivity contribution in [3.8, 4) is 0 Å². The van der Waals surface area contributed by atoms with Crippen molar-refractivity contribution in [3.05, 3.63) is 17.5 Å². The van der Waals surface area contributed by atoms with Crippen LogP contribution in [0.15, 0.2) is 6.20 Å². The van der Waals surface area contributed by atoms with E-state index in [-0.39, 0.29) is 5.91 Å². The molecule has 1 aromatic rings. The first-order chi connectivity index (χ1) is 8.27. The Morgan fingerprint density at radius 2 is 2.29 bits per heavy atom. The Morgan fingerprint density at radius 3 is 2.88 bits per heavy atom. The first-order valence-corrected chi connectivity index (χ1v) is 6.14. The second-order valence-electron chi connectivity index (χ2n) is 4.23. The van der Waals surface area contributed by atoms with Crippen molar-refractivity contribution in [2.45, 2.75) is 32.2 Å². The fourth-order valence-corrected chi connectivity index (χ4v) is 2.31. The van der Waals surface area contributed by atoms with Crippen molar-refractivity contribution in [2.24, 2.45) is 0 Å². The monoisotopic (exact) mass is 237 g/mol. The molecule has 0 aromatic carbocycles. The summed E-state index contributed by atoms with van der Waals surface area (Å²) in [6, 6.07) is 0.372. The average molecular weight is 237 g/mol. The molecule has 1 saturated heterocycles. The molecule has 1 aliphatic heterocycles. The van der Waals surface area contributed by atoms with Crippen LogP contribution in [0.2, 0.25) is 0 Å². The van der Waals surface area contributed by atoms with E-state index in [1.807, 2.05) is 4.68 Å². The van der Waals surface area contributed by atoms with Crippen molar-refractivity contribution < 1.29 is 9.53 Å². The van der Waals surface area contributed by atoms with Gasteiger partial charge in [0.25, 0.3) is 5.91 Å². The molecule has 2 rings (SSSR count). The molecule has 2 heterocycles. The highest BCUT2D eigenvalue weighted by Crippen LogP contribution is 2.23. The molecule has 1 fully saturated rings. The number of carbonyl (C=O) groups excluding carboxylic acids is 1. The van der Waals surface area contributed by atoms with Crippen LogP contribution in [0.3, 0.4) is 0 Å². The molecule has 0 spiro atoms. The molecule has 0 saturated carbocycles. The third-order valence-electron chi connectivity index (χ3n) is 3.24. The van der Waals surface area contributed by atoms with Crippen LogP contribution in [0, 0.1) is 0 Å². The molecule has 0 atom stereocenters. The van der Waals surface area contributed by atoms with Gasteiger partial charge < -0.3 is 10.1 Å². The van der Waals surface area contributed by atoms with E-state index < -0.39 is 0 Å². The van der Waals surface area contributed by atoms with Gasteiger partial charge in [-0.15, -0.1) is 0 Å². The standard InChI is InChI=1S/C12H19N3O2/c1-3-11-10(12(16)13-2)8-14-15(11)9-4-6-17-7-5-9/h8-9H,3-7H2,1-2H3,(H,13,16). The molecule has 94 valence electrons. The van der Waals surface area contributed by atoms with Gasteiger partial charge in [-0.05, 0) is 19.3 Å². The van der Waals surface area contributed by atoms with Crippen molar-refractivity contribution >= 4 is 5.91 Å². The van der Waals surface area contributed by atoms with Gasteiger partial charge in [0, 0.05) is 20.3 Å². The zero-order valence-electron chi connectivity index (χ0n) is 10.4. The van der Waals surface area contributed by atoms with Crippen LogP contribution in [-0.4, -0.2) is 35.9 Å². The quantitative estimate of drug-likeness (QED) is 0.858. The molecule has 5 nitrogen and oxygen atoms in total. The number of nitrogens with zero attached hydrogens (tertiary/aromatic N) is 2. The number of carbonyl (C=O) groups is 1. The third kappa shape index (κ3) is 2.34. The summed E-state index contributed by atoms with van der Waals surface area (Å²) in [7, 11) is 1.65. The van der Waals surface area contributed by atoms with Gasteiger partial charge in [0.15, 0.2) is 0 Å². The summed E-state index contributed by atoms with van der Waals surface area (Å²) in [6.45, 7) is 3.62. The molecule has 1 N–H and O–H groups in total. The Balaban J connectivity index is 2.27. The highest BCUT2D eigenvalue weighted by molar-refractivity contribution is 5.94. The average Bonchev–Trinajstić information content (AvgIpc) is 2.82. The minimum absolute atomic E-state index is 0.0554. The fourth-order valence-electron chi connectivity index (χ4n) is 2.31. The smallest absolute Gasteiger partial charge is 0.254 e. The summed E-state index contributed by atoms with van der Waals surface area (Å²) in [5.74, 6) is -0.0554. The SMILES string of the molecule is CCc1c(C(=O)NC)cnn1C1CCOCC1. The maximum atomic E-state index is 11.7. The first-order valence-electron chi connectivity index (χ1n) is 6.14. The van der Waals surface area contributed by atoms with E-state index in [4.69, 9.17) is 4.74 Å². The van der Waals surface area contributed by atoms with Gasteiger partial charge in [-0.2, -0.15) is 5.10 Å². The van der Waals surface area contributed by atoms with Crippen LogP contribution in [0.1, 0.15) is 41.9 Å². The molecular formula is C12H19N3O2. The summed E-state index contributed by atoms with van der Waals surface area (Å²) in [6.07, 6.45) is 4.44. The minimum atomic E-state index is -0.0554. The fraction of sp³-hybridized carbons (Fsp3) is 0.667. The van der Waals surface area contributed by atoms with Crippen LogP contribution in [-0.2, 0) is 11.2 Å². The Bertz CT molecular complexity index is 394. The second kappa shape index (κ2) is 5.31. The summed E-state index contributed by atoms with van der Waals surface area (Å²) in [4.78, 5) is 11.7. The highest BCUT2D eigenvalue weighted by atomic mass is 16.5. The largest absolute Gasteiger partial charge is 0.381 e. The molecule has 0 aliphatic carbocycles. The molecule has 1 aliphatic rings. The number of aromatic nitrogens is 2. The lowest BCUT2D eigenvalue weighted by Crippen LogP contribution is -2.23. The lowest BCUT2D eigenvalue weighted by atomic mass is 10.1. The van der Waals surface area contributed by atoms with Gasteiger partial charge in [-0.25, -0.2) is 0 Å². The van der Waals surface area contributed by atoms with Crippen molar-refractivity contribution in [2.75, 3.05) is 20.3 Å². The van der Waals surface area contributed by atoms with E-state index in [2.05, 4.69) is 17.3 Å². The van der Waals surface area contributed by atoms with Crippen LogP contribution < -0.4 is 5.32 Å². The predicted molar refractivity (Wildman–Crippen MR) is 64.1 cm³/mol. The number of amides is 1. The Morgan fingerprint density at radius 1 is 1.59 bits per heavy atom. The first kappa shape index (κ1) is 12.1. The number of nitrogens with one attached hydrogen (secondary N) is 1. The molecule has 5 heteroatoms. The van der Waals surface area contributed by atoms with Gasteiger partial charge in [0.05, 0.1) is 23.5 Å². The maximum Gasteiger partial charge on any atom is 0.254 e. The predicted octanol–water partition coefficient (Wildman–Crippen LogP) is 1.16. The van der Waals surface area contributed by atoms with Crippen LogP contribution in [0.5, 0.6) is 0 Å². The van der Waals surface area contributed by atoms with E-state index in [1.54, 1.807) is 13.2 Å². The van der Waals surface area contributed by atoms with Crippen molar-refractivity contribution in [3.63, 3.8) is 0 Å². The Hall–Kier alpha value is -1.36. The van der Waals surface area contributed by atoms with Crippen LogP contribution >= 0.6 is 0 Å². The second-order valence-corrected chi connectivity index (χ2v) is 4.23. The normalized spacial score (nSPS) is 17.1. The molecule has 1 amide bonds. The Labute approximate surface area is 101 Å².